The second-order valence-electron chi connectivity index (χ2n) is 4.32. The molecule has 0 fully saturated rings. The highest BCUT2D eigenvalue weighted by atomic mass is 16.3. The molecular formula is C15H20O. The second-order valence-corrected chi connectivity index (χ2v) is 4.32. The summed E-state index contributed by atoms with van der Waals surface area (Å²) in [5, 5.41) is 10.6. The maximum atomic E-state index is 10.6. The number of unbranched alkanes of at least 4 members (excludes halogenated alkanes) is 1. The molecule has 0 aliphatic rings. The molecule has 0 radical (unpaired) electrons. The molecule has 86 valence electrons. The van der Waals surface area contributed by atoms with Crippen LogP contribution in [0.25, 0.3) is 0 Å². The Kier molecular flexibility index (Phi) is 4.58. The number of terminal acetylenes is 1. The summed E-state index contributed by atoms with van der Waals surface area (Å²) < 4.78 is 0. The van der Waals surface area contributed by atoms with Crippen LogP contribution in [0.1, 0.15) is 38.7 Å². The molecule has 0 aliphatic heterocycles. The van der Waals surface area contributed by atoms with Gasteiger partial charge in [-0.2, -0.15) is 0 Å². The SMILES string of the molecule is C#CC(O)(c1ccccc1)C(C)CCCC. The van der Waals surface area contributed by atoms with Gasteiger partial charge in [0.25, 0.3) is 0 Å². The van der Waals surface area contributed by atoms with Gasteiger partial charge in [-0.3, -0.25) is 0 Å². The number of aliphatic hydroxyl groups is 1. The summed E-state index contributed by atoms with van der Waals surface area (Å²) >= 11 is 0. The highest BCUT2D eigenvalue weighted by Gasteiger charge is 2.32. The molecule has 0 saturated heterocycles. The molecule has 0 aliphatic carbocycles. The van der Waals surface area contributed by atoms with E-state index in [9.17, 15) is 5.11 Å². The molecule has 0 bridgehead atoms. The fraction of sp³-hybridized carbons (Fsp3) is 0.467. The molecule has 1 aromatic carbocycles. The molecule has 0 heterocycles. The van der Waals surface area contributed by atoms with Crippen LogP contribution in [0.5, 0.6) is 0 Å². The average molecular weight is 216 g/mol. The van der Waals surface area contributed by atoms with E-state index in [1.54, 1.807) is 0 Å². The molecule has 1 aromatic rings. The van der Waals surface area contributed by atoms with Crippen LogP contribution in [-0.2, 0) is 5.60 Å². The van der Waals surface area contributed by atoms with Gasteiger partial charge in [0.15, 0.2) is 5.60 Å². The van der Waals surface area contributed by atoms with Crippen LogP contribution in [0, 0.1) is 18.3 Å². The van der Waals surface area contributed by atoms with Crippen molar-refractivity contribution in [3.63, 3.8) is 0 Å². The molecule has 0 aromatic heterocycles. The number of hydrogen-bond acceptors (Lipinski definition) is 1. The first-order valence-corrected chi connectivity index (χ1v) is 5.90. The maximum Gasteiger partial charge on any atom is 0.153 e. The van der Waals surface area contributed by atoms with Gasteiger partial charge in [0.05, 0.1) is 0 Å². The minimum absolute atomic E-state index is 0.0832. The fourth-order valence-electron chi connectivity index (χ4n) is 1.92. The van der Waals surface area contributed by atoms with E-state index in [2.05, 4.69) is 12.8 Å². The van der Waals surface area contributed by atoms with Gasteiger partial charge in [-0.15, -0.1) is 6.42 Å². The number of benzene rings is 1. The Morgan fingerprint density at radius 3 is 2.50 bits per heavy atom. The Hall–Kier alpha value is -1.26. The first-order chi connectivity index (χ1) is 7.65. The zero-order valence-electron chi connectivity index (χ0n) is 10.1. The zero-order chi connectivity index (χ0) is 12.0. The quantitative estimate of drug-likeness (QED) is 0.748. The summed E-state index contributed by atoms with van der Waals surface area (Å²) in [5.74, 6) is 2.64. The van der Waals surface area contributed by atoms with Crippen LogP contribution in [0.3, 0.4) is 0 Å². The second kappa shape index (κ2) is 5.72. The fourth-order valence-corrected chi connectivity index (χ4v) is 1.92. The number of rotatable bonds is 5. The first kappa shape index (κ1) is 12.8. The van der Waals surface area contributed by atoms with E-state index in [1.807, 2.05) is 37.3 Å². The monoisotopic (exact) mass is 216 g/mol. The standard InChI is InChI=1S/C15H20O/c1-4-6-10-13(3)15(16,5-2)14-11-8-7-9-12-14/h2,7-9,11-13,16H,4,6,10H2,1,3H3. The normalized spacial score (nSPS) is 16.1. The van der Waals surface area contributed by atoms with Crippen molar-refractivity contribution in [2.45, 2.75) is 38.7 Å². The van der Waals surface area contributed by atoms with E-state index in [0.717, 1.165) is 24.8 Å². The van der Waals surface area contributed by atoms with Crippen molar-refractivity contribution in [2.75, 3.05) is 0 Å². The summed E-state index contributed by atoms with van der Waals surface area (Å²) in [7, 11) is 0. The van der Waals surface area contributed by atoms with E-state index < -0.39 is 5.60 Å². The lowest BCUT2D eigenvalue weighted by Gasteiger charge is -2.29. The summed E-state index contributed by atoms with van der Waals surface area (Å²) in [5.41, 5.74) is -0.308. The van der Waals surface area contributed by atoms with Crippen molar-refractivity contribution in [1.82, 2.24) is 0 Å². The summed E-state index contributed by atoms with van der Waals surface area (Å²) in [6.07, 6.45) is 8.68. The highest BCUT2D eigenvalue weighted by molar-refractivity contribution is 5.31. The maximum absolute atomic E-state index is 10.6. The van der Waals surface area contributed by atoms with Crippen LogP contribution < -0.4 is 0 Å². The van der Waals surface area contributed by atoms with Crippen molar-refractivity contribution < 1.29 is 5.11 Å². The van der Waals surface area contributed by atoms with Crippen molar-refractivity contribution in [2.24, 2.45) is 5.92 Å². The van der Waals surface area contributed by atoms with Crippen LogP contribution >= 0.6 is 0 Å². The molecule has 0 saturated carbocycles. The van der Waals surface area contributed by atoms with Crippen molar-refractivity contribution in [3.8, 4) is 12.3 Å². The van der Waals surface area contributed by atoms with E-state index in [0.29, 0.717) is 0 Å². The molecule has 16 heavy (non-hydrogen) atoms. The molecular weight excluding hydrogens is 196 g/mol. The van der Waals surface area contributed by atoms with Gasteiger partial charge >= 0.3 is 0 Å². The lowest BCUT2D eigenvalue weighted by Crippen LogP contribution is -2.31. The number of hydrogen-bond donors (Lipinski definition) is 1. The molecule has 0 amide bonds. The average Bonchev–Trinajstić information content (AvgIpc) is 2.35. The summed E-state index contributed by atoms with van der Waals surface area (Å²) in [6.45, 7) is 4.16. The molecule has 0 spiro atoms. The molecule has 1 rings (SSSR count). The smallest absolute Gasteiger partial charge is 0.153 e. The molecule has 2 unspecified atom stereocenters. The first-order valence-electron chi connectivity index (χ1n) is 5.90. The lowest BCUT2D eigenvalue weighted by atomic mass is 9.80. The van der Waals surface area contributed by atoms with Crippen LogP contribution in [-0.4, -0.2) is 5.11 Å². The molecule has 2 atom stereocenters. The van der Waals surface area contributed by atoms with Gasteiger partial charge in [0.2, 0.25) is 0 Å². The Morgan fingerprint density at radius 2 is 2.00 bits per heavy atom. The van der Waals surface area contributed by atoms with Gasteiger partial charge < -0.3 is 5.11 Å². The minimum atomic E-state index is -1.13. The van der Waals surface area contributed by atoms with Crippen molar-refractivity contribution in [1.29, 1.82) is 0 Å². The third-order valence-corrected chi connectivity index (χ3v) is 3.14. The molecule has 1 N–H and O–H groups in total. The Labute approximate surface area is 98.5 Å². The third-order valence-electron chi connectivity index (χ3n) is 3.14. The van der Waals surface area contributed by atoms with E-state index in [-0.39, 0.29) is 5.92 Å². The van der Waals surface area contributed by atoms with Gasteiger partial charge in [0.1, 0.15) is 0 Å². The van der Waals surface area contributed by atoms with Gasteiger partial charge in [-0.05, 0) is 12.0 Å². The van der Waals surface area contributed by atoms with Crippen molar-refractivity contribution >= 4 is 0 Å². The highest BCUT2D eigenvalue weighted by Crippen LogP contribution is 2.32. The predicted octanol–water partition coefficient (Wildman–Crippen LogP) is 3.33. The van der Waals surface area contributed by atoms with Crippen LogP contribution in [0.4, 0.5) is 0 Å². The lowest BCUT2D eigenvalue weighted by molar-refractivity contribution is 0.0374. The minimum Gasteiger partial charge on any atom is -0.373 e. The van der Waals surface area contributed by atoms with Crippen molar-refractivity contribution in [3.05, 3.63) is 35.9 Å². The zero-order valence-corrected chi connectivity index (χ0v) is 10.1. The van der Waals surface area contributed by atoms with Gasteiger partial charge in [-0.1, -0.05) is 62.9 Å². The summed E-state index contributed by atoms with van der Waals surface area (Å²) in [4.78, 5) is 0. The molecule has 1 nitrogen and oxygen atoms in total. The van der Waals surface area contributed by atoms with Gasteiger partial charge in [0, 0.05) is 5.92 Å². The van der Waals surface area contributed by atoms with E-state index in [4.69, 9.17) is 6.42 Å². The largest absolute Gasteiger partial charge is 0.373 e. The predicted molar refractivity (Wildman–Crippen MR) is 67.9 cm³/mol. The van der Waals surface area contributed by atoms with Crippen LogP contribution in [0.2, 0.25) is 0 Å². The molecule has 1 heteroatoms. The Bertz CT molecular complexity index is 349. The van der Waals surface area contributed by atoms with Gasteiger partial charge in [-0.25, -0.2) is 0 Å². The van der Waals surface area contributed by atoms with E-state index >= 15 is 0 Å². The summed E-state index contributed by atoms with van der Waals surface area (Å²) in [6, 6.07) is 9.52. The third kappa shape index (κ3) is 2.65. The van der Waals surface area contributed by atoms with E-state index in [1.165, 1.54) is 0 Å². The Morgan fingerprint density at radius 1 is 1.38 bits per heavy atom. The van der Waals surface area contributed by atoms with Crippen LogP contribution in [0.15, 0.2) is 30.3 Å². The topological polar surface area (TPSA) is 20.2 Å². The Balaban J connectivity index is 2.90.